The van der Waals surface area contributed by atoms with E-state index in [0.717, 1.165) is 45.1 Å². The Morgan fingerprint density at radius 3 is 2.56 bits per heavy atom. The molecule has 0 unspecified atom stereocenters. The monoisotopic (exact) mass is 240 g/mol. The Balaban J connectivity index is 1.91. The van der Waals surface area contributed by atoms with Crippen molar-refractivity contribution < 1.29 is 0 Å². The van der Waals surface area contributed by atoms with Crippen LogP contribution < -0.4 is 10.6 Å². The molecule has 0 bridgehead atoms. The van der Waals surface area contributed by atoms with Crippen molar-refractivity contribution in [1.29, 1.82) is 0 Å². The third-order valence-electron chi connectivity index (χ3n) is 2.85. The van der Waals surface area contributed by atoms with Gasteiger partial charge in [-0.1, -0.05) is 11.6 Å². The first-order valence-corrected chi connectivity index (χ1v) is 5.96. The molecule has 1 saturated heterocycles. The van der Waals surface area contributed by atoms with Gasteiger partial charge in [0.1, 0.15) is 5.82 Å². The van der Waals surface area contributed by atoms with Gasteiger partial charge in [-0.25, -0.2) is 4.98 Å². The first-order chi connectivity index (χ1) is 7.79. The van der Waals surface area contributed by atoms with Crippen molar-refractivity contribution in [2.45, 2.75) is 0 Å². The quantitative estimate of drug-likeness (QED) is 0.850. The highest BCUT2D eigenvalue weighted by Gasteiger charge is 2.16. The molecule has 4 nitrogen and oxygen atoms in total. The first-order valence-electron chi connectivity index (χ1n) is 5.58. The van der Waals surface area contributed by atoms with Crippen LogP contribution in [0.15, 0.2) is 18.3 Å². The summed E-state index contributed by atoms with van der Waals surface area (Å²) in [7, 11) is 0. The van der Waals surface area contributed by atoms with Gasteiger partial charge in [0.25, 0.3) is 0 Å². The van der Waals surface area contributed by atoms with Crippen LogP contribution in [-0.4, -0.2) is 49.2 Å². The molecule has 0 spiro atoms. The van der Waals surface area contributed by atoms with Gasteiger partial charge in [0.2, 0.25) is 0 Å². The van der Waals surface area contributed by atoms with Gasteiger partial charge in [-0.3, -0.25) is 4.90 Å². The van der Waals surface area contributed by atoms with Crippen LogP contribution in [0.1, 0.15) is 0 Å². The summed E-state index contributed by atoms with van der Waals surface area (Å²) in [6.07, 6.45) is 1.70. The van der Waals surface area contributed by atoms with Gasteiger partial charge in [-0.2, -0.15) is 0 Å². The molecule has 5 heteroatoms. The van der Waals surface area contributed by atoms with E-state index >= 15 is 0 Å². The summed E-state index contributed by atoms with van der Waals surface area (Å²) >= 11 is 5.81. The molecule has 1 aromatic rings. The van der Waals surface area contributed by atoms with E-state index in [1.165, 1.54) is 0 Å². The minimum atomic E-state index is 0.686. The Morgan fingerprint density at radius 2 is 2.00 bits per heavy atom. The van der Waals surface area contributed by atoms with Crippen LogP contribution in [0.3, 0.4) is 0 Å². The van der Waals surface area contributed by atoms with E-state index in [1.54, 1.807) is 6.20 Å². The highest BCUT2D eigenvalue weighted by Crippen LogP contribution is 2.15. The van der Waals surface area contributed by atoms with Crippen LogP contribution >= 0.6 is 11.6 Å². The van der Waals surface area contributed by atoms with Crippen molar-refractivity contribution in [3.63, 3.8) is 0 Å². The van der Waals surface area contributed by atoms with Gasteiger partial charge in [-0.15, -0.1) is 0 Å². The van der Waals surface area contributed by atoms with Gasteiger partial charge in [0.05, 0.1) is 5.02 Å². The largest absolute Gasteiger partial charge is 0.354 e. The van der Waals surface area contributed by atoms with Crippen molar-refractivity contribution in [2.24, 2.45) is 5.73 Å². The zero-order valence-electron chi connectivity index (χ0n) is 9.27. The van der Waals surface area contributed by atoms with E-state index in [9.17, 15) is 0 Å². The summed E-state index contributed by atoms with van der Waals surface area (Å²) in [5.74, 6) is 1.01. The molecule has 0 aliphatic carbocycles. The van der Waals surface area contributed by atoms with Crippen LogP contribution in [-0.2, 0) is 0 Å². The van der Waals surface area contributed by atoms with Gasteiger partial charge in [0, 0.05) is 45.5 Å². The Hall–Kier alpha value is -0.840. The van der Waals surface area contributed by atoms with E-state index in [2.05, 4.69) is 14.8 Å². The predicted octanol–water partition coefficient (Wildman–Crippen LogP) is 0.816. The zero-order chi connectivity index (χ0) is 11.4. The van der Waals surface area contributed by atoms with Crippen molar-refractivity contribution >= 4 is 17.4 Å². The van der Waals surface area contributed by atoms with Gasteiger partial charge in [0.15, 0.2) is 0 Å². The Bertz CT molecular complexity index is 319. The number of anilines is 1. The maximum atomic E-state index is 5.81. The average Bonchev–Trinajstić information content (AvgIpc) is 2.32. The smallest absolute Gasteiger partial charge is 0.128 e. The summed E-state index contributed by atoms with van der Waals surface area (Å²) in [4.78, 5) is 8.99. The van der Waals surface area contributed by atoms with Gasteiger partial charge < -0.3 is 10.6 Å². The minimum absolute atomic E-state index is 0.686. The van der Waals surface area contributed by atoms with Crippen molar-refractivity contribution in [3.8, 4) is 0 Å². The van der Waals surface area contributed by atoms with E-state index in [-0.39, 0.29) is 0 Å². The molecule has 2 heterocycles. The third kappa shape index (κ3) is 2.84. The first kappa shape index (κ1) is 11.6. The Labute approximate surface area is 101 Å². The maximum Gasteiger partial charge on any atom is 0.128 e. The van der Waals surface area contributed by atoms with Crippen LogP contribution in [0.25, 0.3) is 0 Å². The molecule has 1 fully saturated rings. The standard InChI is InChI=1S/C11H17ClN4/c12-10-1-2-11(14-9-10)16-7-5-15(4-3-13)6-8-16/h1-2,9H,3-8,13H2. The molecule has 2 N–H and O–H groups in total. The molecule has 1 aliphatic heterocycles. The van der Waals surface area contributed by atoms with Crippen molar-refractivity contribution in [1.82, 2.24) is 9.88 Å². The highest BCUT2D eigenvalue weighted by molar-refractivity contribution is 6.30. The summed E-state index contributed by atoms with van der Waals surface area (Å²) in [6.45, 7) is 5.85. The topological polar surface area (TPSA) is 45.4 Å². The molecule has 0 aromatic carbocycles. The second-order valence-corrected chi connectivity index (χ2v) is 4.39. The van der Waals surface area contributed by atoms with Crippen molar-refractivity contribution in [2.75, 3.05) is 44.2 Å². The summed E-state index contributed by atoms with van der Waals surface area (Å²) in [6, 6.07) is 3.86. The lowest BCUT2D eigenvalue weighted by Crippen LogP contribution is -2.48. The Kier molecular flexibility index (Phi) is 3.98. The number of rotatable bonds is 3. The van der Waals surface area contributed by atoms with E-state index in [0.29, 0.717) is 5.02 Å². The molecule has 0 amide bonds. The van der Waals surface area contributed by atoms with Gasteiger partial charge in [-0.05, 0) is 12.1 Å². The molecule has 2 rings (SSSR count). The lowest BCUT2D eigenvalue weighted by Gasteiger charge is -2.35. The fourth-order valence-corrected chi connectivity index (χ4v) is 2.05. The minimum Gasteiger partial charge on any atom is -0.354 e. The summed E-state index contributed by atoms with van der Waals surface area (Å²) in [5.41, 5.74) is 5.54. The van der Waals surface area contributed by atoms with E-state index in [4.69, 9.17) is 17.3 Å². The highest BCUT2D eigenvalue weighted by atomic mass is 35.5. The van der Waals surface area contributed by atoms with Crippen molar-refractivity contribution in [3.05, 3.63) is 23.4 Å². The summed E-state index contributed by atoms with van der Waals surface area (Å²) < 4.78 is 0. The normalized spacial score (nSPS) is 17.8. The van der Waals surface area contributed by atoms with E-state index < -0.39 is 0 Å². The van der Waals surface area contributed by atoms with Crippen LogP contribution in [0.5, 0.6) is 0 Å². The number of aromatic nitrogens is 1. The molecule has 0 saturated carbocycles. The number of hydrogen-bond donors (Lipinski definition) is 1. The predicted molar refractivity (Wildman–Crippen MR) is 67.0 cm³/mol. The molecule has 1 aliphatic rings. The molecule has 88 valence electrons. The second kappa shape index (κ2) is 5.48. The summed E-state index contributed by atoms with van der Waals surface area (Å²) in [5, 5.41) is 0.686. The molecule has 1 aromatic heterocycles. The third-order valence-corrected chi connectivity index (χ3v) is 3.08. The number of nitrogens with zero attached hydrogens (tertiary/aromatic N) is 3. The average molecular weight is 241 g/mol. The number of hydrogen-bond acceptors (Lipinski definition) is 4. The van der Waals surface area contributed by atoms with Gasteiger partial charge >= 0.3 is 0 Å². The van der Waals surface area contributed by atoms with E-state index in [1.807, 2.05) is 12.1 Å². The van der Waals surface area contributed by atoms with Crippen LogP contribution in [0, 0.1) is 0 Å². The lowest BCUT2D eigenvalue weighted by molar-refractivity contribution is 0.264. The molecule has 16 heavy (non-hydrogen) atoms. The molecular formula is C11H17ClN4. The maximum absolute atomic E-state index is 5.81. The van der Waals surface area contributed by atoms with Crippen LogP contribution in [0.4, 0.5) is 5.82 Å². The number of piperazine rings is 1. The fourth-order valence-electron chi connectivity index (χ4n) is 1.94. The molecular weight excluding hydrogens is 224 g/mol. The number of nitrogens with two attached hydrogens (primary N) is 1. The number of halogens is 1. The lowest BCUT2D eigenvalue weighted by atomic mass is 10.3. The molecule has 0 radical (unpaired) electrons. The zero-order valence-corrected chi connectivity index (χ0v) is 10.0. The SMILES string of the molecule is NCCN1CCN(c2ccc(Cl)cn2)CC1. The fraction of sp³-hybridized carbons (Fsp3) is 0.545. The van der Waals surface area contributed by atoms with Crippen LogP contribution in [0.2, 0.25) is 5.02 Å². The Morgan fingerprint density at radius 1 is 1.25 bits per heavy atom. The molecule has 0 atom stereocenters. The number of pyridine rings is 1. The second-order valence-electron chi connectivity index (χ2n) is 3.95.